The van der Waals surface area contributed by atoms with Crippen molar-refractivity contribution in [3.63, 3.8) is 0 Å². The number of benzene rings is 2. The molecule has 21 heavy (non-hydrogen) atoms. The van der Waals surface area contributed by atoms with Gasteiger partial charge in [0.15, 0.2) is 11.6 Å². The molecule has 0 aromatic heterocycles. The highest BCUT2D eigenvalue weighted by Gasteiger charge is 2.07. The number of para-hydroxylation sites is 1. The van der Waals surface area contributed by atoms with Gasteiger partial charge in [0.05, 0.1) is 13.0 Å². The fourth-order valence-corrected chi connectivity index (χ4v) is 1.87. The second-order valence-corrected chi connectivity index (χ2v) is 4.45. The van der Waals surface area contributed by atoms with Crippen LogP contribution < -0.4 is 9.47 Å². The molecule has 0 spiro atoms. The van der Waals surface area contributed by atoms with Gasteiger partial charge in [0.25, 0.3) is 0 Å². The molecular weight excluding hydrogens is 291 g/mol. The second kappa shape index (κ2) is 7.56. The summed E-state index contributed by atoms with van der Waals surface area (Å²) in [5.41, 5.74) is 1.50. The first-order chi connectivity index (χ1) is 10.2. The van der Waals surface area contributed by atoms with Gasteiger partial charge in [-0.05, 0) is 24.3 Å². The lowest BCUT2D eigenvalue weighted by molar-refractivity contribution is 0.282. The van der Waals surface area contributed by atoms with E-state index in [0.717, 1.165) is 5.56 Å². The van der Waals surface area contributed by atoms with Crippen molar-refractivity contribution in [3.05, 3.63) is 59.4 Å². The minimum absolute atomic E-state index is 0.155. The summed E-state index contributed by atoms with van der Waals surface area (Å²) in [6.07, 6.45) is 0. The van der Waals surface area contributed by atoms with Crippen LogP contribution in [0, 0.1) is 17.7 Å². The topological polar surface area (TPSA) is 18.5 Å². The zero-order chi connectivity index (χ0) is 15.1. The summed E-state index contributed by atoms with van der Waals surface area (Å²) < 4.78 is 24.5. The van der Waals surface area contributed by atoms with E-state index < -0.39 is 5.82 Å². The average molecular weight is 305 g/mol. The molecule has 2 nitrogen and oxygen atoms in total. The lowest BCUT2D eigenvalue weighted by Gasteiger charge is -2.10. The quantitative estimate of drug-likeness (QED) is 0.628. The molecule has 0 bridgehead atoms. The van der Waals surface area contributed by atoms with Crippen LogP contribution in [0.15, 0.2) is 42.5 Å². The molecule has 0 heterocycles. The first-order valence-electron chi connectivity index (χ1n) is 6.33. The molecule has 0 amide bonds. The Morgan fingerprint density at radius 3 is 2.71 bits per heavy atom. The second-order valence-electron chi connectivity index (χ2n) is 4.18. The third-order valence-corrected chi connectivity index (χ3v) is 2.94. The maximum atomic E-state index is 13.7. The van der Waals surface area contributed by atoms with Crippen molar-refractivity contribution in [2.75, 3.05) is 13.0 Å². The van der Waals surface area contributed by atoms with Gasteiger partial charge in [0, 0.05) is 11.1 Å². The van der Waals surface area contributed by atoms with Gasteiger partial charge < -0.3 is 9.47 Å². The van der Waals surface area contributed by atoms with Gasteiger partial charge in [0.2, 0.25) is 0 Å². The lowest BCUT2D eigenvalue weighted by Crippen LogP contribution is -2.00. The van der Waals surface area contributed by atoms with Crippen LogP contribution in [-0.4, -0.2) is 13.0 Å². The highest BCUT2D eigenvalue weighted by Crippen LogP contribution is 2.23. The number of halogens is 2. The fourth-order valence-electron chi connectivity index (χ4n) is 1.80. The molecule has 0 saturated heterocycles. The molecule has 0 aliphatic rings. The van der Waals surface area contributed by atoms with E-state index in [9.17, 15) is 4.39 Å². The summed E-state index contributed by atoms with van der Waals surface area (Å²) in [4.78, 5) is 0. The Morgan fingerprint density at radius 1 is 1.14 bits per heavy atom. The van der Waals surface area contributed by atoms with E-state index in [-0.39, 0.29) is 18.2 Å². The molecular formula is C17H14ClFO2. The number of ether oxygens (including phenoxy) is 2. The molecule has 0 aliphatic heterocycles. The fraction of sp³-hybridized carbons (Fsp3) is 0.176. The molecule has 2 aromatic rings. The van der Waals surface area contributed by atoms with Crippen LogP contribution in [0.4, 0.5) is 4.39 Å². The normalized spacial score (nSPS) is 9.67. The molecule has 2 aromatic carbocycles. The Kier molecular flexibility index (Phi) is 5.48. The van der Waals surface area contributed by atoms with Crippen LogP contribution in [0.1, 0.15) is 11.1 Å². The van der Waals surface area contributed by atoms with Gasteiger partial charge in [-0.1, -0.05) is 30.0 Å². The lowest BCUT2D eigenvalue weighted by atomic mass is 10.2. The van der Waals surface area contributed by atoms with Crippen LogP contribution in [-0.2, 0) is 6.61 Å². The van der Waals surface area contributed by atoms with Crippen molar-refractivity contribution >= 4 is 11.6 Å². The van der Waals surface area contributed by atoms with Crippen LogP contribution in [0.25, 0.3) is 0 Å². The van der Waals surface area contributed by atoms with Gasteiger partial charge in [-0.2, -0.15) is 0 Å². The van der Waals surface area contributed by atoms with Crippen LogP contribution in [0.2, 0.25) is 0 Å². The zero-order valence-electron chi connectivity index (χ0n) is 11.5. The van der Waals surface area contributed by atoms with E-state index in [1.165, 1.54) is 6.07 Å². The predicted molar refractivity (Wildman–Crippen MR) is 81.3 cm³/mol. The molecule has 0 N–H and O–H groups in total. The Hall–Kier alpha value is -2.18. The minimum Gasteiger partial charge on any atom is -0.496 e. The smallest absolute Gasteiger partial charge is 0.165 e. The number of methoxy groups -OCH3 is 1. The van der Waals surface area contributed by atoms with Crippen molar-refractivity contribution < 1.29 is 13.9 Å². The van der Waals surface area contributed by atoms with Gasteiger partial charge >= 0.3 is 0 Å². The Bertz CT molecular complexity index is 674. The van der Waals surface area contributed by atoms with E-state index in [1.54, 1.807) is 19.2 Å². The third-order valence-electron chi connectivity index (χ3n) is 2.81. The summed E-state index contributed by atoms with van der Waals surface area (Å²) in [6.45, 7) is 0.216. The zero-order valence-corrected chi connectivity index (χ0v) is 12.3. The number of hydrogen-bond acceptors (Lipinski definition) is 2. The molecule has 0 aliphatic carbocycles. The first kappa shape index (κ1) is 15.2. The molecule has 0 unspecified atom stereocenters. The first-order valence-corrected chi connectivity index (χ1v) is 6.87. The minimum atomic E-state index is -0.429. The monoisotopic (exact) mass is 304 g/mol. The standard InChI is InChI=1S/C17H14ClFO2/c1-20-16-7-3-2-6-14(16)12-21-17-11-13(5-4-10-18)8-9-15(17)19/h2-3,6-9,11H,10,12H2,1H3. The Morgan fingerprint density at radius 2 is 1.95 bits per heavy atom. The largest absolute Gasteiger partial charge is 0.496 e. The van der Waals surface area contributed by atoms with Crippen molar-refractivity contribution in [1.29, 1.82) is 0 Å². The van der Waals surface area contributed by atoms with Crippen LogP contribution >= 0.6 is 11.6 Å². The van der Waals surface area contributed by atoms with E-state index in [4.69, 9.17) is 21.1 Å². The van der Waals surface area contributed by atoms with Crippen LogP contribution in [0.3, 0.4) is 0 Å². The van der Waals surface area contributed by atoms with Crippen molar-refractivity contribution in [2.45, 2.75) is 6.61 Å². The van der Waals surface area contributed by atoms with E-state index in [0.29, 0.717) is 11.3 Å². The summed E-state index contributed by atoms with van der Waals surface area (Å²) in [6, 6.07) is 11.9. The Labute approximate surface area is 128 Å². The Balaban J connectivity index is 2.15. The van der Waals surface area contributed by atoms with Crippen molar-refractivity contribution in [1.82, 2.24) is 0 Å². The maximum Gasteiger partial charge on any atom is 0.165 e. The van der Waals surface area contributed by atoms with Gasteiger partial charge in [0.1, 0.15) is 12.4 Å². The van der Waals surface area contributed by atoms with Crippen molar-refractivity contribution in [2.24, 2.45) is 0 Å². The molecule has 0 atom stereocenters. The molecule has 0 radical (unpaired) electrons. The predicted octanol–water partition coefficient (Wildman–Crippen LogP) is 4.00. The molecule has 0 fully saturated rings. The van der Waals surface area contributed by atoms with E-state index >= 15 is 0 Å². The molecule has 2 rings (SSSR count). The molecule has 108 valence electrons. The third kappa shape index (κ3) is 4.14. The highest BCUT2D eigenvalue weighted by molar-refractivity contribution is 6.19. The van der Waals surface area contributed by atoms with Gasteiger partial charge in [-0.25, -0.2) is 4.39 Å². The van der Waals surface area contributed by atoms with Crippen LogP contribution in [0.5, 0.6) is 11.5 Å². The number of hydrogen-bond donors (Lipinski definition) is 0. The van der Waals surface area contributed by atoms with Crippen molar-refractivity contribution in [3.8, 4) is 23.3 Å². The maximum absolute atomic E-state index is 13.7. The van der Waals surface area contributed by atoms with E-state index in [2.05, 4.69) is 11.8 Å². The SMILES string of the molecule is COc1ccccc1COc1cc(C#CCCl)ccc1F. The summed E-state index contributed by atoms with van der Waals surface area (Å²) in [5.74, 6) is 6.21. The van der Waals surface area contributed by atoms with Gasteiger partial charge in [-0.3, -0.25) is 0 Å². The number of rotatable bonds is 4. The average Bonchev–Trinajstić information content (AvgIpc) is 2.53. The molecule has 0 saturated carbocycles. The highest BCUT2D eigenvalue weighted by atomic mass is 35.5. The summed E-state index contributed by atoms with van der Waals surface area (Å²) >= 11 is 5.50. The summed E-state index contributed by atoms with van der Waals surface area (Å²) in [5, 5.41) is 0. The molecule has 4 heteroatoms. The number of alkyl halides is 1. The summed E-state index contributed by atoms with van der Waals surface area (Å²) in [7, 11) is 1.59. The van der Waals surface area contributed by atoms with E-state index in [1.807, 2.05) is 24.3 Å². The van der Waals surface area contributed by atoms with Gasteiger partial charge in [-0.15, -0.1) is 11.6 Å².